The predicted molar refractivity (Wildman–Crippen MR) is 95.2 cm³/mol. The zero-order valence-electron chi connectivity index (χ0n) is 10.3. The molecule has 0 atom stereocenters. The Balaban J connectivity index is 1.83. The molecule has 0 aliphatic heterocycles. The first-order valence-corrected chi connectivity index (χ1v) is 9.92. The second-order valence-electron chi connectivity index (χ2n) is 3.68. The summed E-state index contributed by atoms with van der Waals surface area (Å²) in [4.78, 5) is 0. The van der Waals surface area contributed by atoms with E-state index in [-0.39, 0.29) is 4.58 Å². The number of hydrogen-bond acceptors (Lipinski definition) is 10. The Bertz CT molecular complexity index is 670. The third kappa shape index (κ3) is 4.36. The average Bonchev–Trinajstić information content (AvgIpc) is 3.08. The van der Waals surface area contributed by atoms with Crippen LogP contribution in [0, 0.1) is 0 Å². The Morgan fingerprint density at radius 3 is 1.76 bits per heavy atom. The van der Waals surface area contributed by atoms with Crippen molar-refractivity contribution in [3.8, 4) is 0 Å². The van der Waals surface area contributed by atoms with Crippen LogP contribution in [0.4, 0.5) is 0 Å². The lowest BCUT2D eigenvalue weighted by atomic mass is 10.2. The quantitative estimate of drug-likeness (QED) is 0.380. The van der Waals surface area contributed by atoms with Crippen LogP contribution in [0.3, 0.4) is 0 Å². The van der Waals surface area contributed by atoms with Crippen LogP contribution in [0.2, 0.25) is 0 Å². The highest BCUT2D eigenvalue weighted by Gasteiger charge is 2.19. The molecule has 0 aliphatic carbocycles. The molecule has 0 unspecified atom stereocenters. The third-order valence-electron chi connectivity index (χ3n) is 2.28. The Kier molecular flexibility index (Phi) is 5.46. The second kappa shape index (κ2) is 7.34. The first-order valence-electron chi connectivity index (χ1n) is 5.64. The summed E-state index contributed by atoms with van der Waals surface area (Å²) in [5, 5.41) is 16.1. The summed E-state index contributed by atoms with van der Waals surface area (Å²) in [7, 11) is 0. The van der Waals surface area contributed by atoms with Crippen molar-refractivity contribution in [1.82, 2.24) is 20.4 Å². The molecule has 0 saturated carbocycles. The third-order valence-corrected chi connectivity index (χ3v) is 7.24. The second-order valence-corrected chi connectivity index (χ2v) is 10.1. The van der Waals surface area contributed by atoms with Crippen molar-refractivity contribution in [2.24, 2.45) is 0 Å². The normalized spacial score (nSPS) is 11.2. The Labute approximate surface area is 149 Å². The molecular formula is C11H8N4S6. The number of thioether (sulfide) groups is 2. The van der Waals surface area contributed by atoms with E-state index >= 15 is 0 Å². The molecule has 0 fully saturated rings. The zero-order valence-corrected chi connectivity index (χ0v) is 15.3. The van der Waals surface area contributed by atoms with Crippen LogP contribution in [-0.4, -0.2) is 20.4 Å². The fraction of sp³-hybridized carbons (Fsp3) is 0.0909. The summed E-state index contributed by atoms with van der Waals surface area (Å²) in [5.74, 6) is 0. The summed E-state index contributed by atoms with van der Waals surface area (Å²) in [6, 6.07) is 10.2. The van der Waals surface area contributed by atoms with E-state index in [9.17, 15) is 0 Å². The van der Waals surface area contributed by atoms with Crippen LogP contribution in [0.1, 0.15) is 10.1 Å². The molecule has 0 N–H and O–H groups in total. The van der Waals surface area contributed by atoms with Crippen molar-refractivity contribution in [1.29, 1.82) is 0 Å². The first kappa shape index (κ1) is 15.6. The Morgan fingerprint density at radius 1 is 0.810 bits per heavy atom. The molecule has 0 radical (unpaired) electrons. The minimum absolute atomic E-state index is 0.132. The molecular weight excluding hydrogens is 381 g/mol. The number of thiol groups is 2. The van der Waals surface area contributed by atoms with E-state index in [1.54, 1.807) is 23.5 Å². The van der Waals surface area contributed by atoms with Gasteiger partial charge in [0.2, 0.25) is 0 Å². The van der Waals surface area contributed by atoms with Gasteiger partial charge in [0.15, 0.2) is 17.4 Å². The van der Waals surface area contributed by atoms with Gasteiger partial charge in [-0.05, 0) is 5.56 Å². The van der Waals surface area contributed by atoms with E-state index in [0.717, 1.165) is 8.68 Å². The van der Waals surface area contributed by atoms with Crippen LogP contribution in [0.5, 0.6) is 0 Å². The summed E-state index contributed by atoms with van der Waals surface area (Å²) in [6.45, 7) is 0. The molecule has 0 bridgehead atoms. The number of benzene rings is 1. The fourth-order valence-electron chi connectivity index (χ4n) is 1.45. The van der Waals surface area contributed by atoms with Crippen LogP contribution >= 0.6 is 71.5 Å². The highest BCUT2D eigenvalue weighted by molar-refractivity contribution is 8.17. The standard InChI is InChI=1S/C11H8N4S6/c16-8-12-14-10(20-8)18-7(6-4-2-1-3-5-6)19-11-15-13-9(17)21-11/h1-5,7H,(H,12,16)(H,13,17). The van der Waals surface area contributed by atoms with Gasteiger partial charge < -0.3 is 0 Å². The lowest BCUT2D eigenvalue weighted by molar-refractivity contribution is 0.953. The van der Waals surface area contributed by atoms with Crippen molar-refractivity contribution >= 4 is 71.5 Å². The number of aromatic nitrogens is 4. The summed E-state index contributed by atoms with van der Waals surface area (Å²) < 4.78 is 3.24. The monoisotopic (exact) mass is 388 g/mol. The molecule has 2 aromatic heterocycles. The van der Waals surface area contributed by atoms with Crippen molar-refractivity contribution in [3.05, 3.63) is 35.9 Å². The van der Waals surface area contributed by atoms with Gasteiger partial charge in [0, 0.05) is 0 Å². The molecule has 2 heterocycles. The molecule has 21 heavy (non-hydrogen) atoms. The minimum Gasteiger partial charge on any atom is -0.131 e. The van der Waals surface area contributed by atoms with E-state index in [0.29, 0.717) is 8.68 Å². The smallest absolute Gasteiger partial charge is 0.131 e. The van der Waals surface area contributed by atoms with Crippen LogP contribution in [-0.2, 0) is 0 Å². The van der Waals surface area contributed by atoms with E-state index in [1.165, 1.54) is 28.2 Å². The summed E-state index contributed by atoms with van der Waals surface area (Å²) in [6.07, 6.45) is 0. The van der Waals surface area contributed by atoms with E-state index in [4.69, 9.17) is 0 Å². The molecule has 0 aliphatic rings. The number of rotatable bonds is 5. The minimum atomic E-state index is 0.132. The van der Waals surface area contributed by atoms with E-state index in [2.05, 4.69) is 57.8 Å². The fourth-order valence-corrected chi connectivity index (χ4v) is 6.74. The molecule has 1 aromatic carbocycles. The van der Waals surface area contributed by atoms with Gasteiger partial charge >= 0.3 is 0 Å². The molecule has 0 spiro atoms. The Morgan fingerprint density at radius 2 is 1.33 bits per heavy atom. The molecule has 3 aromatic rings. The Hall–Kier alpha value is -0.260. The lowest BCUT2D eigenvalue weighted by Gasteiger charge is -2.12. The summed E-state index contributed by atoms with van der Waals surface area (Å²) in [5.41, 5.74) is 1.19. The van der Waals surface area contributed by atoms with Crippen LogP contribution in [0.15, 0.2) is 47.7 Å². The van der Waals surface area contributed by atoms with Gasteiger partial charge in [-0.3, -0.25) is 0 Å². The molecule has 4 nitrogen and oxygen atoms in total. The number of hydrogen-bond donors (Lipinski definition) is 2. The van der Waals surface area contributed by atoms with Gasteiger partial charge in [0.05, 0.1) is 4.58 Å². The van der Waals surface area contributed by atoms with Gasteiger partial charge in [-0.25, -0.2) is 0 Å². The van der Waals surface area contributed by atoms with Gasteiger partial charge in [-0.15, -0.1) is 45.7 Å². The highest BCUT2D eigenvalue weighted by atomic mass is 32.2. The average molecular weight is 389 g/mol. The van der Waals surface area contributed by atoms with Crippen LogP contribution in [0.25, 0.3) is 0 Å². The van der Waals surface area contributed by atoms with Crippen molar-refractivity contribution in [2.45, 2.75) is 21.9 Å². The highest BCUT2D eigenvalue weighted by Crippen LogP contribution is 2.48. The van der Waals surface area contributed by atoms with E-state index in [1.807, 2.05) is 18.2 Å². The van der Waals surface area contributed by atoms with Crippen molar-refractivity contribution < 1.29 is 0 Å². The van der Waals surface area contributed by atoms with Crippen LogP contribution < -0.4 is 0 Å². The zero-order chi connectivity index (χ0) is 14.7. The van der Waals surface area contributed by atoms with Gasteiger partial charge in [0.1, 0.15) is 0 Å². The van der Waals surface area contributed by atoms with Gasteiger partial charge in [-0.1, -0.05) is 76.5 Å². The molecule has 0 amide bonds. The van der Waals surface area contributed by atoms with E-state index < -0.39 is 0 Å². The molecule has 10 heteroatoms. The summed E-state index contributed by atoms with van der Waals surface area (Å²) >= 11 is 14.6. The molecule has 3 rings (SSSR count). The van der Waals surface area contributed by atoms with Crippen molar-refractivity contribution in [3.63, 3.8) is 0 Å². The maximum absolute atomic E-state index is 4.21. The first-order chi connectivity index (χ1) is 10.2. The lowest BCUT2D eigenvalue weighted by Crippen LogP contribution is -1.89. The number of nitrogens with zero attached hydrogens (tertiary/aromatic N) is 4. The maximum atomic E-state index is 4.21. The SMILES string of the molecule is Sc1nnc(SC(Sc2nnc(S)s2)c2ccccc2)s1. The van der Waals surface area contributed by atoms with Gasteiger partial charge in [-0.2, -0.15) is 0 Å². The topological polar surface area (TPSA) is 51.6 Å². The van der Waals surface area contributed by atoms with Gasteiger partial charge in [0.25, 0.3) is 0 Å². The maximum Gasteiger partial charge on any atom is 0.176 e. The molecule has 108 valence electrons. The predicted octanol–water partition coefficient (Wildman–Crippen LogP) is 4.55. The molecule has 0 saturated heterocycles. The largest absolute Gasteiger partial charge is 0.176 e. The van der Waals surface area contributed by atoms with Crippen molar-refractivity contribution in [2.75, 3.05) is 0 Å².